The molecule has 1 nitrogen and oxygen atoms in total. The van der Waals surface area contributed by atoms with E-state index in [9.17, 15) is 0 Å². The molecule has 1 heterocycles. The summed E-state index contributed by atoms with van der Waals surface area (Å²) in [6.07, 6.45) is 18.5. The Kier molecular flexibility index (Phi) is 12.5. The van der Waals surface area contributed by atoms with Crippen LogP contribution in [0.5, 0.6) is 0 Å². The van der Waals surface area contributed by atoms with Crippen molar-refractivity contribution in [1.82, 2.24) is 0 Å². The number of halogens is 1. The first kappa shape index (κ1) is 19.1. The molecule has 2 heteroatoms. The van der Waals surface area contributed by atoms with E-state index in [1.807, 2.05) is 0 Å². The van der Waals surface area contributed by atoms with Crippen molar-refractivity contribution in [3.05, 3.63) is 30.1 Å². The molecular formula is C18H32FN. The second-order valence-corrected chi connectivity index (χ2v) is 5.80. The summed E-state index contributed by atoms with van der Waals surface area (Å²) in [5, 5.41) is 0. The SMILES string of the molecule is CCCCCCCCCCCC[n+]1ccc(C)cc1.[F-]. The normalized spacial score (nSPS) is 10.3. The smallest absolute Gasteiger partial charge is 0.169 e. The minimum Gasteiger partial charge on any atom is -1.00 e. The molecule has 0 aliphatic rings. The van der Waals surface area contributed by atoms with Crippen molar-refractivity contribution in [2.75, 3.05) is 0 Å². The van der Waals surface area contributed by atoms with Gasteiger partial charge in [0.2, 0.25) is 0 Å². The number of hydrogen-bond acceptors (Lipinski definition) is 0. The Hall–Kier alpha value is -0.920. The molecule has 0 spiro atoms. The van der Waals surface area contributed by atoms with Crippen molar-refractivity contribution in [2.24, 2.45) is 0 Å². The van der Waals surface area contributed by atoms with Crippen LogP contribution in [0.3, 0.4) is 0 Å². The average molecular weight is 281 g/mol. The molecular weight excluding hydrogens is 249 g/mol. The lowest BCUT2D eigenvalue weighted by Crippen LogP contribution is -3.00. The zero-order valence-electron chi connectivity index (χ0n) is 13.4. The number of aryl methyl sites for hydroxylation is 2. The quantitative estimate of drug-likeness (QED) is 0.432. The summed E-state index contributed by atoms with van der Waals surface area (Å²) in [6.45, 7) is 5.60. The molecule has 116 valence electrons. The molecule has 0 bridgehead atoms. The van der Waals surface area contributed by atoms with Gasteiger partial charge in [-0.05, 0) is 18.9 Å². The van der Waals surface area contributed by atoms with Crippen molar-refractivity contribution in [3.63, 3.8) is 0 Å². The van der Waals surface area contributed by atoms with E-state index < -0.39 is 0 Å². The molecule has 0 atom stereocenters. The largest absolute Gasteiger partial charge is 1.00 e. The highest BCUT2D eigenvalue weighted by atomic mass is 19.0. The van der Waals surface area contributed by atoms with Crippen LogP contribution in [-0.4, -0.2) is 0 Å². The van der Waals surface area contributed by atoms with Crippen LogP contribution >= 0.6 is 0 Å². The summed E-state index contributed by atoms with van der Waals surface area (Å²) >= 11 is 0. The molecule has 0 unspecified atom stereocenters. The standard InChI is InChI=1S/C18H32N.FH/c1-3-4-5-6-7-8-9-10-11-12-15-19-16-13-18(2)14-17-19;/h13-14,16-17H,3-12,15H2,1-2H3;1H/q+1;/p-1. The summed E-state index contributed by atoms with van der Waals surface area (Å²) in [4.78, 5) is 0. The van der Waals surface area contributed by atoms with Crippen molar-refractivity contribution < 1.29 is 9.27 Å². The number of unbranched alkanes of at least 4 members (excludes halogenated alkanes) is 9. The van der Waals surface area contributed by atoms with E-state index in [-0.39, 0.29) is 4.70 Å². The topological polar surface area (TPSA) is 3.88 Å². The van der Waals surface area contributed by atoms with Gasteiger partial charge in [0, 0.05) is 18.6 Å². The highest BCUT2D eigenvalue weighted by molar-refractivity contribution is 5.03. The Morgan fingerprint density at radius 2 is 1.20 bits per heavy atom. The first-order chi connectivity index (χ1) is 9.33. The molecule has 0 radical (unpaired) electrons. The summed E-state index contributed by atoms with van der Waals surface area (Å²) in [5.41, 5.74) is 1.35. The zero-order chi connectivity index (χ0) is 13.8. The predicted molar refractivity (Wildman–Crippen MR) is 83.2 cm³/mol. The van der Waals surface area contributed by atoms with Crippen LogP contribution in [-0.2, 0) is 6.54 Å². The maximum absolute atomic E-state index is 2.30. The third kappa shape index (κ3) is 9.94. The van der Waals surface area contributed by atoms with Crippen LogP contribution in [0.25, 0.3) is 0 Å². The van der Waals surface area contributed by atoms with Gasteiger partial charge in [-0.2, -0.15) is 0 Å². The zero-order valence-corrected chi connectivity index (χ0v) is 13.4. The first-order valence-electron chi connectivity index (χ1n) is 8.28. The Balaban J connectivity index is 0.00000361. The van der Waals surface area contributed by atoms with Crippen molar-refractivity contribution in [1.29, 1.82) is 0 Å². The Labute approximate surface area is 124 Å². The van der Waals surface area contributed by atoms with E-state index in [1.54, 1.807) is 0 Å². The van der Waals surface area contributed by atoms with Crippen LogP contribution in [0.1, 0.15) is 76.7 Å². The molecule has 20 heavy (non-hydrogen) atoms. The molecule has 0 saturated heterocycles. The Bertz CT molecular complexity index is 308. The molecule has 1 aromatic rings. The van der Waals surface area contributed by atoms with Gasteiger partial charge in [-0.3, -0.25) is 0 Å². The minimum absolute atomic E-state index is 0. The highest BCUT2D eigenvalue weighted by Crippen LogP contribution is 2.10. The van der Waals surface area contributed by atoms with Crippen LogP contribution in [0, 0.1) is 6.92 Å². The molecule has 1 rings (SSSR count). The van der Waals surface area contributed by atoms with Gasteiger partial charge in [-0.25, -0.2) is 4.57 Å². The molecule has 0 fully saturated rings. The predicted octanol–water partition coefficient (Wildman–Crippen LogP) is 2.21. The van der Waals surface area contributed by atoms with Gasteiger partial charge in [-0.15, -0.1) is 0 Å². The number of aromatic nitrogens is 1. The van der Waals surface area contributed by atoms with Crippen LogP contribution < -0.4 is 9.27 Å². The van der Waals surface area contributed by atoms with Crippen LogP contribution in [0.15, 0.2) is 24.5 Å². The van der Waals surface area contributed by atoms with E-state index in [0.717, 1.165) is 0 Å². The third-order valence-electron chi connectivity index (χ3n) is 3.83. The van der Waals surface area contributed by atoms with Gasteiger partial charge in [0.25, 0.3) is 0 Å². The fourth-order valence-corrected chi connectivity index (χ4v) is 2.46. The average Bonchev–Trinajstić information content (AvgIpc) is 2.43. The monoisotopic (exact) mass is 281 g/mol. The summed E-state index contributed by atoms with van der Waals surface area (Å²) in [7, 11) is 0. The second kappa shape index (κ2) is 13.1. The van der Waals surface area contributed by atoms with Gasteiger partial charge in [0.15, 0.2) is 12.4 Å². The lowest BCUT2D eigenvalue weighted by Gasteiger charge is -2.01. The summed E-state index contributed by atoms with van der Waals surface area (Å²) < 4.78 is 2.30. The van der Waals surface area contributed by atoms with Crippen molar-refractivity contribution in [2.45, 2.75) is 84.6 Å². The first-order valence-corrected chi connectivity index (χ1v) is 8.28. The Morgan fingerprint density at radius 1 is 0.750 bits per heavy atom. The van der Waals surface area contributed by atoms with Gasteiger partial charge in [-0.1, -0.05) is 58.3 Å². The van der Waals surface area contributed by atoms with E-state index >= 15 is 0 Å². The van der Waals surface area contributed by atoms with E-state index in [1.165, 1.54) is 76.3 Å². The fraction of sp³-hybridized carbons (Fsp3) is 0.722. The van der Waals surface area contributed by atoms with Crippen LogP contribution in [0.2, 0.25) is 0 Å². The van der Waals surface area contributed by atoms with Crippen molar-refractivity contribution in [3.8, 4) is 0 Å². The molecule has 0 saturated carbocycles. The van der Waals surface area contributed by atoms with E-state index in [4.69, 9.17) is 0 Å². The second-order valence-electron chi connectivity index (χ2n) is 5.80. The third-order valence-corrected chi connectivity index (χ3v) is 3.83. The number of rotatable bonds is 11. The molecule has 0 aliphatic heterocycles. The Morgan fingerprint density at radius 3 is 1.70 bits per heavy atom. The van der Waals surface area contributed by atoms with Gasteiger partial charge in [0.1, 0.15) is 6.54 Å². The van der Waals surface area contributed by atoms with Gasteiger partial charge < -0.3 is 4.70 Å². The molecule has 0 aromatic carbocycles. The van der Waals surface area contributed by atoms with Gasteiger partial charge >= 0.3 is 0 Å². The number of pyridine rings is 1. The summed E-state index contributed by atoms with van der Waals surface area (Å²) in [6, 6.07) is 4.38. The molecule has 0 N–H and O–H groups in total. The van der Waals surface area contributed by atoms with Crippen LogP contribution in [0.4, 0.5) is 0 Å². The number of nitrogens with zero attached hydrogens (tertiary/aromatic N) is 1. The van der Waals surface area contributed by atoms with Gasteiger partial charge in [0.05, 0.1) is 0 Å². The maximum atomic E-state index is 2.30. The molecule has 0 amide bonds. The lowest BCUT2D eigenvalue weighted by atomic mass is 10.1. The van der Waals surface area contributed by atoms with E-state index in [2.05, 4.69) is 42.9 Å². The fourth-order valence-electron chi connectivity index (χ4n) is 2.46. The summed E-state index contributed by atoms with van der Waals surface area (Å²) in [5.74, 6) is 0. The minimum atomic E-state index is 0. The number of hydrogen-bond donors (Lipinski definition) is 0. The molecule has 0 aliphatic carbocycles. The maximum Gasteiger partial charge on any atom is 0.169 e. The highest BCUT2D eigenvalue weighted by Gasteiger charge is 1.99. The van der Waals surface area contributed by atoms with Crippen molar-refractivity contribution >= 4 is 0 Å². The lowest BCUT2D eigenvalue weighted by molar-refractivity contribution is -0.697. The molecule has 1 aromatic heterocycles. The van der Waals surface area contributed by atoms with E-state index in [0.29, 0.717) is 0 Å².